The van der Waals surface area contributed by atoms with E-state index >= 15 is 0 Å². The molecule has 0 spiro atoms. The highest BCUT2D eigenvalue weighted by molar-refractivity contribution is 5.76. The standard InChI is InChI=1S/C15H16N2O/c1-10-3-2-4-13(16)15(10)17-12-5-6-14-11(9-12)7-8-18-14/h2-6,9,17H,7-8,16H2,1H3. The number of nitrogens with two attached hydrogens (primary N) is 1. The molecule has 0 aliphatic carbocycles. The Labute approximate surface area is 107 Å². The van der Waals surface area contributed by atoms with Crippen molar-refractivity contribution in [1.82, 2.24) is 0 Å². The van der Waals surface area contributed by atoms with Gasteiger partial charge in [-0.2, -0.15) is 0 Å². The van der Waals surface area contributed by atoms with Crippen molar-refractivity contribution in [3.8, 4) is 5.75 Å². The highest BCUT2D eigenvalue weighted by Crippen LogP contribution is 2.31. The lowest BCUT2D eigenvalue weighted by atomic mass is 10.1. The topological polar surface area (TPSA) is 47.3 Å². The molecule has 0 saturated heterocycles. The van der Waals surface area contributed by atoms with Gasteiger partial charge in [-0.05, 0) is 42.3 Å². The normalized spacial score (nSPS) is 12.9. The van der Waals surface area contributed by atoms with Crippen molar-refractivity contribution in [3.63, 3.8) is 0 Å². The fraction of sp³-hybridized carbons (Fsp3) is 0.200. The summed E-state index contributed by atoms with van der Waals surface area (Å²) < 4.78 is 5.50. The number of ether oxygens (including phenoxy) is 1. The lowest BCUT2D eigenvalue weighted by Gasteiger charge is -2.13. The summed E-state index contributed by atoms with van der Waals surface area (Å²) in [4.78, 5) is 0. The van der Waals surface area contributed by atoms with E-state index < -0.39 is 0 Å². The molecule has 0 amide bonds. The Hall–Kier alpha value is -2.16. The summed E-state index contributed by atoms with van der Waals surface area (Å²) in [5.74, 6) is 0.998. The van der Waals surface area contributed by atoms with E-state index in [1.807, 2.05) is 24.3 Å². The summed E-state index contributed by atoms with van der Waals surface area (Å²) in [6.45, 7) is 2.83. The van der Waals surface area contributed by atoms with E-state index in [9.17, 15) is 0 Å². The SMILES string of the molecule is Cc1cccc(N)c1Nc1ccc2c(c1)CCO2. The minimum Gasteiger partial charge on any atom is -0.493 e. The van der Waals surface area contributed by atoms with Crippen LogP contribution < -0.4 is 15.8 Å². The van der Waals surface area contributed by atoms with Crippen LogP contribution in [-0.2, 0) is 6.42 Å². The van der Waals surface area contributed by atoms with Crippen molar-refractivity contribution in [2.45, 2.75) is 13.3 Å². The van der Waals surface area contributed by atoms with Crippen LogP contribution >= 0.6 is 0 Å². The molecule has 1 heterocycles. The van der Waals surface area contributed by atoms with Crippen molar-refractivity contribution < 1.29 is 4.74 Å². The minimum absolute atomic E-state index is 0.770. The Morgan fingerprint density at radius 3 is 2.94 bits per heavy atom. The van der Waals surface area contributed by atoms with Crippen LogP contribution in [0.25, 0.3) is 0 Å². The molecular formula is C15H16N2O. The van der Waals surface area contributed by atoms with Crippen molar-refractivity contribution in [1.29, 1.82) is 0 Å². The highest BCUT2D eigenvalue weighted by atomic mass is 16.5. The number of benzene rings is 2. The summed E-state index contributed by atoms with van der Waals surface area (Å²) in [6, 6.07) is 12.1. The summed E-state index contributed by atoms with van der Waals surface area (Å²) in [6.07, 6.45) is 0.980. The number of fused-ring (bicyclic) bond motifs is 1. The molecule has 0 aromatic heterocycles. The number of rotatable bonds is 2. The Balaban J connectivity index is 1.93. The molecule has 3 N–H and O–H groups in total. The van der Waals surface area contributed by atoms with Gasteiger partial charge < -0.3 is 15.8 Å². The Kier molecular flexibility index (Phi) is 2.59. The van der Waals surface area contributed by atoms with Gasteiger partial charge in [-0.3, -0.25) is 0 Å². The third-order valence-corrected chi connectivity index (χ3v) is 3.26. The smallest absolute Gasteiger partial charge is 0.122 e. The first-order valence-corrected chi connectivity index (χ1v) is 6.12. The van der Waals surface area contributed by atoms with Crippen molar-refractivity contribution >= 4 is 17.1 Å². The molecule has 2 aromatic rings. The quantitative estimate of drug-likeness (QED) is 0.792. The molecule has 0 saturated carbocycles. The van der Waals surface area contributed by atoms with Gasteiger partial charge in [-0.15, -0.1) is 0 Å². The number of nitrogens with one attached hydrogen (secondary N) is 1. The van der Waals surface area contributed by atoms with Gasteiger partial charge in [0.15, 0.2) is 0 Å². The number of hydrogen-bond donors (Lipinski definition) is 2. The van der Waals surface area contributed by atoms with E-state index in [-0.39, 0.29) is 0 Å². The van der Waals surface area contributed by atoms with E-state index in [2.05, 4.69) is 24.4 Å². The fourth-order valence-corrected chi connectivity index (χ4v) is 2.27. The van der Waals surface area contributed by atoms with Gasteiger partial charge in [-0.25, -0.2) is 0 Å². The van der Waals surface area contributed by atoms with E-state index in [4.69, 9.17) is 10.5 Å². The zero-order valence-corrected chi connectivity index (χ0v) is 10.4. The maximum atomic E-state index is 5.99. The van der Waals surface area contributed by atoms with Crippen molar-refractivity contribution in [2.24, 2.45) is 0 Å². The number of aryl methyl sites for hydroxylation is 1. The zero-order chi connectivity index (χ0) is 12.5. The van der Waals surface area contributed by atoms with Crippen molar-refractivity contribution in [2.75, 3.05) is 17.7 Å². The van der Waals surface area contributed by atoms with Crippen LogP contribution in [0.5, 0.6) is 5.75 Å². The average molecular weight is 240 g/mol. The summed E-state index contributed by atoms with van der Waals surface area (Å²) >= 11 is 0. The average Bonchev–Trinajstić information content (AvgIpc) is 2.81. The number of nitrogen functional groups attached to an aromatic ring is 1. The minimum atomic E-state index is 0.770. The van der Waals surface area contributed by atoms with Gasteiger partial charge in [0, 0.05) is 12.1 Å². The monoisotopic (exact) mass is 240 g/mol. The maximum absolute atomic E-state index is 5.99. The Bertz CT molecular complexity index is 573. The van der Waals surface area contributed by atoms with Crippen LogP contribution in [-0.4, -0.2) is 6.61 Å². The molecular weight excluding hydrogens is 224 g/mol. The molecule has 2 aromatic carbocycles. The molecule has 3 nitrogen and oxygen atoms in total. The molecule has 0 fully saturated rings. The molecule has 0 radical (unpaired) electrons. The molecule has 0 unspecified atom stereocenters. The molecule has 0 bridgehead atoms. The van der Waals surface area contributed by atoms with E-state index in [0.717, 1.165) is 41.4 Å². The molecule has 1 aliphatic rings. The first-order valence-electron chi connectivity index (χ1n) is 6.12. The van der Waals surface area contributed by atoms with Gasteiger partial charge >= 0.3 is 0 Å². The second-order valence-electron chi connectivity index (χ2n) is 4.59. The largest absolute Gasteiger partial charge is 0.493 e. The molecule has 0 atom stereocenters. The van der Waals surface area contributed by atoms with Crippen LogP contribution in [0.2, 0.25) is 0 Å². The number of anilines is 3. The van der Waals surface area contributed by atoms with Crippen molar-refractivity contribution in [3.05, 3.63) is 47.5 Å². The van der Waals surface area contributed by atoms with Gasteiger partial charge in [0.05, 0.1) is 18.0 Å². The van der Waals surface area contributed by atoms with Gasteiger partial charge in [-0.1, -0.05) is 12.1 Å². The second kappa shape index (κ2) is 4.26. The van der Waals surface area contributed by atoms with Gasteiger partial charge in [0.25, 0.3) is 0 Å². The van der Waals surface area contributed by atoms with E-state index in [0.29, 0.717) is 0 Å². The van der Waals surface area contributed by atoms with Crippen LogP contribution in [0.4, 0.5) is 17.1 Å². The van der Waals surface area contributed by atoms with Gasteiger partial charge in [0.2, 0.25) is 0 Å². The molecule has 18 heavy (non-hydrogen) atoms. The van der Waals surface area contributed by atoms with Crippen LogP contribution in [0.15, 0.2) is 36.4 Å². The van der Waals surface area contributed by atoms with Gasteiger partial charge in [0.1, 0.15) is 5.75 Å². The molecule has 92 valence electrons. The molecule has 3 rings (SSSR count). The summed E-state index contributed by atoms with van der Waals surface area (Å²) in [5, 5.41) is 3.39. The summed E-state index contributed by atoms with van der Waals surface area (Å²) in [5.41, 5.74) is 11.2. The predicted molar refractivity (Wildman–Crippen MR) is 74.5 cm³/mol. The maximum Gasteiger partial charge on any atom is 0.122 e. The number of para-hydroxylation sites is 1. The van der Waals surface area contributed by atoms with E-state index in [1.54, 1.807) is 0 Å². The third kappa shape index (κ3) is 1.88. The predicted octanol–water partition coefficient (Wildman–Crippen LogP) is 3.26. The first-order chi connectivity index (χ1) is 8.74. The third-order valence-electron chi connectivity index (χ3n) is 3.26. The van der Waals surface area contributed by atoms with Crippen LogP contribution in [0.3, 0.4) is 0 Å². The van der Waals surface area contributed by atoms with Crippen LogP contribution in [0.1, 0.15) is 11.1 Å². The zero-order valence-electron chi connectivity index (χ0n) is 10.4. The molecule has 3 heteroatoms. The Morgan fingerprint density at radius 2 is 2.11 bits per heavy atom. The summed E-state index contributed by atoms with van der Waals surface area (Å²) in [7, 11) is 0. The fourth-order valence-electron chi connectivity index (χ4n) is 2.27. The lowest BCUT2D eigenvalue weighted by Crippen LogP contribution is -1.98. The molecule has 1 aliphatic heterocycles. The lowest BCUT2D eigenvalue weighted by molar-refractivity contribution is 0.357. The number of hydrogen-bond acceptors (Lipinski definition) is 3. The second-order valence-corrected chi connectivity index (χ2v) is 4.59. The van der Waals surface area contributed by atoms with E-state index in [1.165, 1.54) is 5.56 Å². The van der Waals surface area contributed by atoms with Crippen LogP contribution in [0, 0.1) is 6.92 Å². The Morgan fingerprint density at radius 1 is 1.22 bits per heavy atom. The highest BCUT2D eigenvalue weighted by Gasteiger charge is 2.12. The first kappa shape index (κ1) is 11.0.